The van der Waals surface area contributed by atoms with Crippen molar-refractivity contribution in [1.82, 2.24) is 14.8 Å². The van der Waals surface area contributed by atoms with E-state index in [1.807, 2.05) is 22.9 Å². The lowest BCUT2D eigenvalue weighted by Gasteiger charge is -2.23. The quantitative estimate of drug-likeness (QED) is 0.940. The van der Waals surface area contributed by atoms with Crippen LogP contribution < -0.4 is 0 Å². The number of carboxylic acids is 1. The molecule has 5 nitrogen and oxygen atoms in total. The summed E-state index contributed by atoms with van der Waals surface area (Å²) in [6.07, 6.45) is 4.80. The van der Waals surface area contributed by atoms with E-state index >= 15 is 0 Å². The van der Waals surface area contributed by atoms with Gasteiger partial charge in [0.05, 0.1) is 12.1 Å². The lowest BCUT2D eigenvalue weighted by Crippen LogP contribution is -2.16. The third kappa shape index (κ3) is 2.63. The van der Waals surface area contributed by atoms with E-state index < -0.39 is 5.97 Å². The summed E-state index contributed by atoms with van der Waals surface area (Å²) >= 11 is 0. The maximum absolute atomic E-state index is 11.2. The molecule has 2 aromatic rings. The van der Waals surface area contributed by atoms with Gasteiger partial charge in [-0.05, 0) is 43.2 Å². The molecule has 1 N–H and O–H groups in total. The Bertz CT molecular complexity index is 677. The molecule has 1 atom stereocenters. The molecule has 0 radical (unpaired) electrons. The Morgan fingerprint density at radius 3 is 2.91 bits per heavy atom. The summed E-state index contributed by atoms with van der Waals surface area (Å²) < 4.78 is 1.92. The van der Waals surface area contributed by atoms with Gasteiger partial charge in [-0.1, -0.05) is 19.9 Å². The first-order chi connectivity index (χ1) is 10.6. The van der Waals surface area contributed by atoms with Gasteiger partial charge in [0.25, 0.3) is 0 Å². The van der Waals surface area contributed by atoms with Gasteiger partial charge < -0.3 is 5.11 Å². The largest absolute Gasteiger partial charge is 0.481 e. The average Bonchev–Trinajstić information content (AvgIpc) is 2.88. The van der Waals surface area contributed by atoms with Gasteiger partial charge in [-0.25, -0.2) is 9.67 Å². The zero-order valence-corrected chi connectivity index (χ0v) is 13.0. The number of pyridine rings is 1. The van der Waals surface area contributed by atoms with Gasteiger partial charge in [-0.2, -0.15) is 5.10 Å². The van der Waals surface area contributed by atoms with Crippen LogP contribution >= 0.6 is 0 Å². The van der Waals surface area contributed by atoms with E-state index in [0.717, 1.165) is 42.0 Å². The van der Waals surface area contributed by atoms with Crippen molar-refractivity contribution in [3.63, 3.8) is 0 Å². The van der Waals surface area contributed by atoms with Crippen LogP contribution in [0.1, 0.15) is 61.9 Å². The fraction of sp³-hybridized carbons (Fsp3) is 0.471. The van der Waals surface area contributed by atoms with E-state index in [2.05, 4.69) is 18.8 Å². The summed E-state index contributed by atoms with van der Waals surface area (Å²) in [5.74, 6) is 0.406. The fourth-order valence-corrected chi connectivity index (χ4v) is 3.34. The van der Waals surface area contributed by atoms with Crippen molar-refractivity contribution in [2.45, 2.75) is 51.4 Å². The number of carboxylic acid groups (broad SMARTS) is 1. The molecule has 1 unspecified atom stereocenters. The standard InChI is InChI=1S/C17H21N3O2/c1-11(2)17-16-12(10-15(21)22)6-5-7-13(16)20(19-17)14-8-3-4-9-18-14/h3-4,8-9,11-12H,5-7,10H2,1-2H3,(H,21,22). The van der Waals surface area contributed by atoms with Crippen LogP contribution in [-0.2, 0) is 11.2 Å². The van der Waals surface area contributed by atoms with E-state index in [9.17, 15) is 9.90 Å². The van der Waals surface area contributed by atoms with Gasteiger partial charge in [0, 0.05) is 17.5 Å². The first kappa shape index (κ1) is 14.8. The van der Waals surface area contributed by atoms with Gasteiger partial charge in [0.2, 0.25) is 0 Å². The molecule has 0 aromatic carbocycles. The Morgan fingerprint density at radius 1 is 1.45 bits per heavy atom. The van der Waals surface area contributed by atoms with Crippen LogP contribution in [0.4, 0.5) is 0 Å². The number of hydrogen-bond donors (Lipinski definition) is 1. The maximum Gasteiger partial charge on any atom is 0.303 e. The molecule has 1 aliphatic carbocycles. The van der Waals surface area contributed by atoms with Crippen molar-refractivity contribution in [3.8, 4) is 5.82 Å². The molecule has 0 bridgehead atoms. The van der Waals surface area contributed by atoms with Gasteiger partial charge in [-0.15, -0.1) is 0 Å². The number of fused-ring (bicyclic) bond motifs is 1. The second-order valence-electron chi connectivity index (χ2n) is 6.19. The summed E-state index contributed by atoms with van der Waals surface area (Å²) in [6, 6.07) is 5.78. The molecule has 2 aromatic heterocycles. The molecule has 0 saturated carbocycles. The van der Waals surface area contributed by atoms with Crippen LogP contribution in [0.15, 0.2) is 24.4 Å². The van der Waals surface area contributed by atoms with Crippen LogP contribution in [0.3, 0.4) is 0 Å². The maximum atomic E-state index is 11.2. The minimum atomic E-state index is -0.738. The van der Waals surface area contributed by atoms with Crippen LogP contribution in [0.25, 0.3) is 5.82 Å². The molecule has 22 heavy (non-hydrogen) atoms. The third-order valence-electron chi connectivity index (χ3n) is 4.26. The molecule has 1 aliphatic rings. The summed E-state index contributed by atoms with van der Waals surface area (Å²) in [6.45, 7) is 4.22. The lowest BCUT2D eigenvalue weighted by molar-refractivity contribution is -0.137. The van der Waals surface area contributed by atoms with Crippen molar-refractivity contribution in [2.24, 2.45) is 0 Å². The fourth-order valence-electron chi connectivity index (χ4n) is 3.34. The van der Waals surface area contributed by atoms with Crippen molar-refractivity contribution in [2.75, 3.05) is 0 Å². The van der Waals surface area contributed by atoms with Crippen molar-refractivity contribution >= 4 is 5.97 Å². The van der Waals surface area contributed by atoms with Crippen LogP contribution in [-0.4, -0.2) is 25.8 Å². The predicted octanol–water partition coefficient (Wildman–Crippen LogP) is 3.29. The normalized spacial score (nSPS) is 17.5. The zero-order valence-electron chi connectivity index (χ0n) is 13.0. The monoisotopic (exact) mass is 299 g/mol. The van der Waals surface area contributed by atoms with Gasteiger partial charge in [0.15, 0.2) is 5.82 Å². The first-order valence-corrected chi connectivity index (χ1v) is 7.82. The van der Waals surface area contributed by atoms with Crippen molar-refractivity contribution < 1.29 is 9.90 Å². The Labute approximate surface area is 130 Å². The molecule has 2 heterocycles. The van der Waals surface area contributed by atoms with Crippen LogP contribution in [0.5, 0.6) is 0 Å². The average molecular weight is 299 g/mol. The third-order valence-corrected chi connectivity index (χ3v) is 4.26. The Kier molecular flexibility index (Phi) is 3.96. The molecule has 0 aliphatic heterocycles. The van der Waals surface area contributed by atoms with E-state index in [4.69, 9.17) is 5.10 Å². The molecular weight excluding hydrogens is 278 g/mol. The molecule has 0 fully saturated rings. The second kappa shape index (κ2) is 5.91. The van der Waals surface area contributed by atoms with Gasteiger partial charge in [0.1, 0.15) is 0 Å². The highest BCUT2D eigenvalue weighted by atomic mass is 16.4. The Morgan fingerprint density at radius 2 is 2.27 bits per heavy atom. The number of aliphatic carboxylic acids is 1. The molecule has 5 heteroatoms. The molecule has 116 valence electrons. The highest BCUT2D eigenvalue weighted by Gasteiger charge is 2.31. The number of hydrogen-bond acceptors (Lipinski definition) is 3. The minimum Gasteiger partial charge on any atom is -0.481 e. The Hall–Kier alpha value is -2.17. The van der Waals surface area contributed by atoms with Crippen LogP contribution in [0.2, 0.25) is 0 Å². The van der Waals surface area contributed by atoms with E-state index in [-0.39, 0.29) is 18.3 Å². The predicted molar refractivity (Wildman–Crippen MR) is 83.4 cm³/mol. The smallest absolute Gasteiger partial charge is 0.303 e. The molecular formula is C17H21N3O2. The molecule has 0 saturated heterocycles. The topological polar surface area (TPSA) is 68.0 Å². The van der Waals surface area contributed by atoms with Crippen molar-refractivity contribution in [3.05, 3.63) is 41.3 Å². The highest BCUT2D eigenvalue weighted by molar-refractivity contribution is 5.68. The van der Waals surface area contributed by atoms with E-state index in [1.54, 1.807) is 6.20 Å². The molecule has 0 spiro atoms. The van der Waals surface area contributed by atoms with Gasteiger partial charge >= 0.3 is 5.97 Å². The van der Waals surface area contributed by atoms with Gasteiger partial charge in [-0.3, -0.25) is 4.79 Å². The molecule has 0 amide bonds. The number of nitrogens with zero attached hydrogens (tertiary/aromatic N) is 3. The summed E-state index contributed by atoms with van der Waals surface area (Å²) in [5.41, 5.74) is 3.31. The summed E-state index contributed by atoms with van der Waals surface area (Å²) in [5, 5.41) is 14.0. The number of rotatable bonds is 4. The van der Waals surface area contributed by atoms with E-state index in [1.165, 1.54) is 0 Å². The summed E-state index contributed by atoms with van der Waals surface area (Å²) in [4.78, 5) is 15.6. The highest BCUT2D eigenvalue weighted by Crippen LogP contribution is 2.39. The second-order valence-corrected chi connectivity index (χ2v) is 6.19. The Balaban J connectivity index is 2.13. The first-order valence-electron chi connectivity index (χ1n) is 7.82. The summed E-state index contributed by atoms with van der Waals surface area (Å²) in [7, 11) is 0. The van der Waals surface area contributed by atoms with Crippen LogP contribution in [0, 0.1) is 0 Å². The zero-order chi connectivity index (χ0) is 15.7. The molecule has 3 rings (SSSR count). The lowest BCUT2D eigenvalue weighted by atomic mass is 9.81. The number of aromatic nitrogens is 3. The minimum absolute atomic E-state index is 0.0658. The number of carbonyl (C=O) groups is 1. The van der Waals surface area contributed by atoms with E-state index in [0.29, 0.717) is 0 Å². The SMILES string of the molecule is CC(C)c1nn(-c2ccccn2)c2c1C(CC(=O)O)CCC2. The van der Waals surface area contributed by atoms with Crippen molar-refractivity contribution in [1.29, 1.82) is 0 Å².